The summed E-state index contributed by atoms with van der Waals surface area (Å²) in [5.74, 6) is -2.82. The van der Waals surface area contributed by atoms with Crippen LogP contribution in [0.4, 0.5) is 14.5 Å². The highest BCUT2D eigenvalue weighted by atomic mass is 19.3. The number of nitrogens with one attached hydrogen (secondary N) is 1. The zero-order chi connectivity index (χ0) is 27.1. The van der Waals surface area contributed by atoms with E-state index in [4.69, 9.17) is 9.15 Å². The number of benzene rings is 2. The van der Waals surface area contributed by atoms with Crippen LogP contribution in [0.3, 0.4) is 0 Å². The fourth-order valence-electron chi connectivity index (χ4n) is 5.03. The summed E-state index contributed by atoms with van der Waals surface area (Å²) >= 11 is 0. The molecule has 1 unspecified atom stereocenters. The summed E-state index contributed by atoms with van der Waals surface area (Å²) < 4.78 is 39.6. The van der Waals surface area contributed by atoms with Gasteiger partial charge in [0.1, 0.15) is 16.9 Å². The van der Waals surface area contributed by atoms with Crippen molar-refractivity contribution in [3.05, 3.63) is 74.6 Å². The molecule has 0 spiro atoms. The fraction of sp³-hybridized carbons (Fsp3) is 0.467. The number of rotatable bonds is 5. The number of carbonyl (C=O) groups excluding carboxylic acids is 1. The number of carbonyl (C=O) groups is 1. The molecule has 1 N–H and O–H groups in total. The lowest BCUT2D eigenvalue weighted by atomic mass is 9.83. The van der Waals surface area contributed by atoms with Gasteiger partial charge in [-0.3, -0.25) is 4.79 Å². The van der Waals surface area contributed by atoms with Crippen LogP contribution in [0, 0.1) is 13.8 Å². The summed E-state index contributed by atoms with van der Waals surface area (Å²) in [7, 11) is 0. The van der Waals surface area contributed by atoms with Gasteiger partial charge in [-0.05, 0) is 78.1 Å². The highest BCUT2D eigenvalue weighted by molar-refractivity contribution is 5.96. The molecule has 1 saturated carbocycles. The third kappa shape index (κ3) is 5.86. The Balaban J connectivity index is 1.74. The molecule has 1 aliphatic carbocycles. The Labute approximate surface area is 216 Å². The maximum absolute atomic E-state index is 13.8. The molecule has 1 aromatic heterocycles. The monoisotopic (exact) mass is 511 g/mol. The van der Waals surface area contributed by atoms with Crippen molar-refractivity contribution in [1.29, 1.82) is 0 Å². The number of hydrogen-bond acceptors (Lipinski definition) is 5. The molecule has 2 aromatic carbocycles. The first kappa shape index (κ1) is 26.8. The molecule has 198 valence electrons. The van der Waals surface area contributed by atoms with Crippen LogP contribution in [0.1, 0.15) is 98.1 Å². The number of ether oxygens (including phenoxy) is 1. The predicted octanol–water partition coefficient (Wildman–Crippen LogP) is 7.83. The quantitative estimate of drug-likeness (QED) is 0.354. The van der Waals surface area contributed by atoms with Gasteiger partial charge in [-0.15, -0.1) is 0 Å². The van der Waals surface area contributed by atoms with Crippen molar-refractivity contribution in [2.45, 2.75) is 90.7 Å². The van der Waals surface area contributed by atoms with Crippen molar-refractivity contribution in [3.8, 4) is 0 Å². The minimum absolute atomic E-state index is 0.139. The maximum Gasteiger partial charge on any atom is 0.340 e. The summed E-state index contributed by atoms with van der Waals surface area (Å²) in [6.07, 6.45) is 0.138. The van der Waals surface area contributed by atoms with E-state index < -0.39 is 17.5 Å². The van der Waals surface area contributed by atoms with E-state index in [0.717, 1.165) is 11.1 Å². The van der Waals surface area contributed by atoms with Crippen LogP contribution in [0.2, 0.25) is 0 Å². The Morgan fingerprint density at radius 1 is 1.14 bits per heavy atom. The minimum atomic E-state index is -2.66. The summed E-state index contributed by atoms with van der Waals surface area (Å²) in [5.41, 5.74) is 2.81. The summed E-state index contributed by atoms with van der Waals surface area (Å²) in [6, 6.07) is 10.5. The molecule has 0 amide bonds. The first-order chi connectivity index (χ1) is 17.3. The molecule has 0 radical (unpaired) electrons. The molecule has 5 nitrogen and oxygen atoms in total. The van der Waals surface area contributed by atoms with Crippen molar-refractivity contribution in [2.75, 3.05) is 5.32 Å². The van der Waals surface area contributed by atoms with Gasteiger partial charge in [-0.2, -0.15) is 0 Å². The molecule has 7 heteroatoms. The van der Waals surface area contributed by atoms with E-state index in [1.165, 1.54) is 0 Å². The van der Waals surface area contributed by atoms with E-state index >= 15 is 0 Å². The van der Waals surface area contributed by atoms with Gasteiger partial charge in [-0.1, -0.05) is 18.2 Å². The van der Waals surface area contributed by atoms with Gasteiger partial charge >= 0.3 is 5.97 Å². The number of anilines is 1. The number of aryl methyl sites for hydroxylation is 1. The molecule has 37 heavy (non-hydrogen) atoms. The molecule has 3 aromatic rings. The van der Waals surface area contributed by atoms with E-state index in [9.17, 15) is 18.4 Å². The zero-order valence-electron chi connectivity index (χ0n) is 22.3. The van der Waals surface area contributed by atoms with Gasteiger partial charge in [0.2, 0.25) is 5.92 Å². The number of halogens is 2. The van der Waals surface area contributed by atoms with Gasteiger partial charge in [0, 0.05) is 35.6 Å². The smallest absolute Gasteiger partial charge is 0.340 e. The lowest BCUT2D eigenvalue weighted by molar-refractivity contribution is -0.0396. The fourth-order valence-corrected chi connectivity index (χ4v) is 5.03. The predicted molar refractivity (Wildman–Crippen MR) is 142 cm³/mol. The zero-order valence-corrected chi connectivity index (χ0v) is 22.3. The van der Waals surface area contributed by atoms with Crippen molar-refractivity contribution in [2.24, 2.45) is 0 Å². The first-order valence-corrected chi connectivity index (χ1v) is 12.8. The molecule has 1 fully saturated rings. The highest BCUT2D eigenvalue weighted by Crippen LogP contribution is 2.42. The number of alkyl halides is 2. The average molecular weight is 512 g/mol. The van der Waals surface area contributed by atoms with Crippen molar-refractivity contribution < 1.29 is 22.7 Å². The minimum Gasteiger partial charge on any atom is -0.460 e. The maximum atomic E-state index is 13.8. The van der Waals surface area contributed by atoms with Crippen LogP contribution in [-0.2, 0) is 4.74 Å². The van der Waals surface area contributed by atoms with E-state index in [0.29, 0.717) is 33.5 Å². The molecule has 1 atom stereocenters. The lowest BCUT2D eigenvalue weighted by Crippen LogP contribution is -2.25. The van der Waals surface area contributed by atoms with Crippen LogP contribution in [0.5, 0.6) is 0 Å². The van der Waals surface area contributed by atoms with Gasteiger partial charge < -0.3 is 14.5 Å². The largest absolute Gasteiger partial charge is 0.460 e. The van der Waals surface area contributed by atoms with E-state index in [2.05, 4.69) is 5.32 Å². The van der Waals surface area contributed by atoms with Crippen molar-refractivity contribution in [1.82, 2.24) is 0 Å². The number of para-hydroxylation sites is 1. The summed E-state index contributed by atoms with van der Waals surface area (Å²) in [5, 5.41) is 3.86. The van der Waals surface area contributed by atoms with Gasteiger partial charge in [-0.25, -0.2) is 13.6 Å². The highest BCUT2D eigenvalue weighted by Gasteiger charge is 2.37. The SMILES string of the molecule is Cc1cc(C(C)Nc2ccccc2C(=O)OC(C)(C)C)c2oc(C3CCC(F)(F)CC3)c(C)c(=O)c2c1. The Hall–Kier alpha value is -3.22. The lowest BCUT2D eigenvalue weighted by Gasteiger charge is -2.28. The summed E-state index contributed by atoms with van der Waals surface area (Å²) in [6.45, 7) is 11.0. The van der Waals surface area contributed by atoms with E-state index in [1.54, 1.807) is 25.1 Å². The first-order valence-electron chi connectivity index (χ1n) is 12.8. The topological polar surface area (TPSA) is 68.5 Å². The normalized spacial score (nSPS) is 17.0. The molecule has 1 aliphatic rings. The van der Waals surface area contributed by atoms with Crippen molar-refractivity contribution in [3.63, 3.8) is 0 Å². The molecular formula is C30H35F2NO4. The van der Waals surface area contributed by atoms with Gasteiger partial charge in [0.25, 0.3) is 0 Å². The van der Waals surface area contributed by atoms with Crippen LogP contribution >= 0.6 is 0 Å². The van der Waals surface area contributed by atoms with Crippen LogP contribution in [0.25, 0.3) is 11.0 Å². The van der Waals surface area contributed by atoms with Crippen molar-refractivity contribution >= 4 is 22.6 Å². The van der Waals surface area contributed by atoms with Crippen LogP contribution in [-0.4, -0.2) is 17.5 Å². The Morgan fingerprint density at radius 2 is 1.78 bits per heavy atom. The number of hydrogen-bond donors (Lipinski definition) is 1. The number of esters is 1. The van der Waals surface area contributed by atoms with E-state index in [-0.39, 0.29) is 43.1 Å². The average Bonchev–Trinajstić information content (AvgIpc) is 2.80. The molecule has 0 bridgehead atoms. The second-order valence-electron chi connectivity index (χ2n) is 11.2. The third-order valence-corrected chi connectivity index (χ3v) is 6.90. The second kappa shape index (κ2) is 9.92. The second-order valence-corrected chi connectivity index (χ2v) is 11.2. The van der Waals surface area contributed by atoms with E-state index in [1.807, 2.05) is 52.8 Å². The summed E-state index contributed by atoms with van der Waals surface area (Å²) in [4.78, 5) is 26.2. The third-order valence-electron chi connectivity index (χ3n) is 6.90. The Kier molecular flexibility index (Phi) is 7.19. The Morgan fingerprint density at radius 3 is 2.43 bits per heavy atom. The van der Waals surface area contributed by atoms with Crippen LogP contribution in [0.15, 0.2) is 45.6 Å². The molecule has 1 heterocycles. The molecule has 0 aliphatic heterocycles. The molecule has 0 saturated heterocycles. The Bertz CT molecular complexity index is 1380. The van der Waals surface area contributed by atoms with Gasteiger partial charge in [0.05, 0.1) is 17.0 Å². The van der Waals surface area contributed by atoms with Crippen LogP contribution < -0.4 is 10.7 Å². The standard InChI is InChI=1S/C30H35F2NO4/c1-17-15-22(19(3)33-24-10-8-7-9-21(24)28(35)37-29(4,5)6)27-23(16-17)25(34)18(2)26(36-27)20-11-13-30(31,32)14-12-20/h7-10,15-16,19-20,33H,11-14H2,1-6H3. The molecule has 4 rings (SSSR count). The van der Waals surface area contributed by atoms with Gasteiger partial charge in [0.15, 0.2) is 5.43 Å². The molecular weight excluding hydrogens is 476 g/mol. The number of fused-ring (bicyclic) bond motifs is 1.